The molecule has 178 valence electrons. The molecule has 0 saturated carbocycles. The maximum Gasteiger partial charge on any atom is 0.417 e. The van der Waals surface area contributed by atoms with Gasteiger partial charge in [-0.1, -0.05) is 23.9 Å². The monoisotopic (exact) mass is 492 g/mol. The summed E-state index contributed by atoms with van der Waals surface area (Å²) in [5.41, 5.74) is -0.539. The molecule has 1 saturated heterocycles. The van der Waals surface area contributed by atoms with E-state index in [1.54, 1.807) is 23.0 Å². The number of hydrogen-bond acceptors (Lipinski definition) is 4. The number of nitrogens with zero attached hydrogens (tertiary/aromatic N) is 4. The van der Waals surface area contributed by atoms with E-state index in [0.29, 0.717) is 10.8 Å². The van der Waals surface area contributed by atoms with E-state index in [4.69, 9.17) is 0 Å². The third-order valence-corrected chi connectivity index (χ3v) is 6.19. The van der Waals surface area contributed by atoms with Crippen LogP contribution in [0.1, 0.15) is 26.4 Å². The Morgan fingerprint density at radius 1 is 0.912 bits per heavy atom. The molecule has 1 aliphatic heterocycles. The summed E-state index contributed by atoms with van der Waals surface area (Å²) in [5, 5.41) is 0.549. The zero-order valence-electron chi connectivity index (χ0n) is 18.1. The molecule has 2 aromatic carbocycles. The standard InChI is InChI=1S/C23H20F4N4O2S/c1-34-22-28-14-19(31(22)16-8-6-15(24)7-9-16)21(33)30-12-10-29(11-13-30)20(32)17-4-2-3-5-18(17)23(25,26)27/h2-9,14H,10-13H2,1H3. The largest absolute Gasteiger partial charge is 0.417 e. The first kappa shape index (κ1) is 23.8. The highest BCUT2D eigenvalue weighted by atomic mass is 32.2. The predicted octanol–water partition coefficient (Wildman–Crippen LogP) is 4.35. The summed E-state index contributed by atoms with van der Waals surface area (Å²) >= 11 is 1.33. The molecule has 11 heteroatoms. The van der Waals surface area contributed by atoms with Crippen molar-refractivity contribution < 1.29 is 27.2 Å². The minimum atomic E-state index is -4.64. The molecule has 1 aromatic heterocycles. The van der Waals surface area contributed by atoms with Gasteiger partial charge in [0.15, 0.2) is 5.16 Å². The number of piperazine rings is 1. The van der Waals surface area contributed by atoms with Crippen LogP contribution in [-0.4, -0.2) is 63.6 Å². The van der Waals surface area contributed by atoms with Gasteiger partial charge in [-0.05, 0) is 42.7 Å². The van der Waals surface area contributed by atoms with E-state index in [1.807, 2.05) is 0 Å². The number of benzene rings is 2. The van der Waals surface area contributed by atoms with E-state index in [9.17, 15) is 27.2 Å². The number of halogens is 4. The second-order valence-electron chi connectivity index (χ2n) is 7.57. The van der Waals surface area contributed by atoms with Crippen LogP contribution in [0.25, 0.3) is 5.69 Å². The Morgan fingerprint density at radius 2 is 1.50 bits per heavy atom. The first-order chi connectivity index (χ1) is 16.2. The van der Waals surface area contributed by atoms with Gasteiger partial charge in [0.25, 0.3) is 11.8 Å². The van der Waals surface area contributed by atoms with Crippen LogP contribution in [0.2, 0.25) is 0 Å². The maximum atomic E-state index is 13.4. The lowest BCUT2D eigenvalue weighted by molar-refractivity contribution is -0.138. The Kier molecular flexibility index (Phi) is 6.65. The van der Waals surface area contributed by atoms with Crippen molar-refractivity contribution in [2.75, 3.05) is 32.4 Å². The minimum Gasteiger partial charge on any atom is -0.335 e. The smallest absolute Gasteiger partial charge is 0.335 e. The van der Waals surface area contributed by atoms with Crippen LogP contribution in [0.15, 0.2) is 59.9 Å². The van der Waals surface area contributed by atoms with Gasteiger partial charge in [-0.3, -0.25) is 14.2 Å². The number of aromatic nitrogens is 2. The number of carbonyl (C=O) groups excluding carboxylic acids is 2. The first-order valence-corrected chi connectivity index (χ1v) is 11.6. The van der Waals surface area contributed by atoms with Crippen LogP contribution < -0.4 is 0 Å². The van der Waals surface area contributed by atoms with E-state index in [-0.39, 0.29) is 37.8 Å². The third-order valence-electron chi connectivity index (χ3n) is 5.53. The van der Waals surface area contributed by atoms with Gasteiger partial charge in [-0.2, -0.15) is 13.2 Å². The number of rotatable bonds is 4. The van der Waals surface area contributed by atoms with Crippen LogP contribution >= 0.6 is 11.8 Å². The molecule has 1 fully saturated rings. The fraction of sp³-hybridized carbons (Fsp3) is 0.261. The van der Waals surface area contributed by atoms with E-state index in [2.05, 4.69) is 4.98 Å². The second kappa shape index (κ2) is 9.49. The van der Waals surface area contributed by atoms with Gasteiger partial charge in [-0.25, -0.2) is 9.37 Å². The maximum absolute atomic E-state index is 13.4. The molecule has 3 aromatic rings. The average molecular weight is 492 g/mol. The summed E-state index contributed by atoms with van der Waals surface area (Å²) in [6.07, 6.45) is -1.40. The zero-order valence-corrected chi connectivity index (χ0v) is 18.9. The highest BCUT2D eigenvalue weighted by molar-refractivity contribution is 7.98. The van der Waals surface area contributed by atoms with E-state index in [1.165, 1.54) is 52.0 Å². The quantitative estimate of drug-likeness (QED) is 0.402. The van der Waals surface area contributed by atoms with Gasteiger partial charge < -0.3 is 9.80 Å². The number of imidazole rings is 1. The fourth-order valence-electron chi connectivity index (χ4n) is 3.83. The van der Waals surface area contributed by atoms with Gasteiger partial charge in [-0.15, -0.1) is 0 Å². The molecule has 6 nitrogen and oxygen atoms in total. The minimum absolute atomic E-state index is 0.0941. The molecule has 0 unspecified atom stereocenters. The van der Waals surface area contributed by atoms with Crippen molar-refractivity contribution in [3.8, 4) is 5.69 Å². The molecule has 2 amide bonds. The summed E-state index contributed by atoms with van der Waals surface area (Å²) in [4.78, 5) is 33.2. The van der Waals surface area contributed by atoms with Crippen molar-refractivity contribution in [1.82, 2.24) is 19.4 Å². The number of carbonyl (C=O) groups is 2. The summed E-state index contributed by atoms with van der Waals surface area (Å²) in [6.45, 7) is 0.498. The van der Waals surface area contributed by atoms with Crippen LogP contribution in [0.5, 0.6) is 0 Å². The molecular weight excluding hydrogens is 472 g/mol. The Balaban J connectivity index is 1.51. The van der Waals surface area contributed by atoms with Crippen molar-refractivity contribution in [2.24, 2.45) is 0 Å². The lowest BCUT2D eigenvalue weighted by Gasteiger charge is -2.35. The van der Waals surface area contributed by atoms with Crippen molar-refractivity contribution >= 4 is 23.6 Å². The van der Waals surface area contributed by atoms with Crippen LogP contribution in [0.4, 0.5) is 17.6 Å². The molecule has 0 bridgehead atoms. The molecule has 2 heterocycles. The molecule has 4 rings (SSSR count). The van der Waals surface area contributed by atoms with Gasteiger partial charge in [0.05, 0.1) is 17.3 Å². The van der Waals surface area contributed by atoms with E-state index < -0.39 is 29.0 Å². The summed E-state index contributed by atoms with van der Waals surface area (Å²) < 4.78 is 54.9. The molecule has 1 aliphatic rings. The molecule has 0 aliphatic carbocycles. The summed E-state index contributed by atoms with van der Waals surface area (Å²) in [6, 6.07) is 10.3. The topological polar surface area (TPSA) is 58.4 Å². The predicted molar refractivity (Wildman–Crippen MR) is 119 cm³/mol. The molecule has 34 heavy (non-hydrogen) atoms. The molecular formula is C23H20F4N4O2S. The Bertz CT molecular complexity index is 1200. The fourth-order valence-corrected chi connectivity index (χ4v) is 4.38. The summed E-state index contributed by atoms with van der Waals surface area (Å²) in [5.74, 6) is -1.46. The number of thioether (sulfide) groups is 1. The molecule has 0 atom stereocenters. The van der Waals surface area contributed by atoms with Gasteiger partial charge >= 0.3 is 6.18 Å². The summed E-state index contributed by atoms with van der Waals surface area (Å²) in [7, 11) is 0. The van der Waals surface area contributed by atoms with Gasteiger partial charge in [0.2, 0.25) is 0 Å². The van der Waals surface area contributed by atoms with Gasteiger partial charge in [0, 0.05) is 31.9 Å². The van der Waals surface area contributed by atoms with Crippen LogP contribution in [0.3, 0.4) is 0 Å². The second-order valence-corrected chi connectivity index (χ2v) is 8.34. The van der Waals surface area contributed by atoms with Crippen molar-refractivity contribution in [2.45, 2.75) is 11.3 Å². The lowest BCUT2D eigenvalue weighted by atomic mass is 10.1. The number of hydrogen-bond donors (Lipinski definition) is 0. The Hall–Kier alpha value is -3.34. The SMILES string of the molecule is CSc1ncc(C(=O)N2CCN(C(=O)c3ccccc3C(F)(F)F)CC2)n1-c1ccc(F)cc1. The van der Waals surface area contributed by atoms with E-state index in [0.717, 1.165) is 12.1 Å². The van der Waals surface area contributed by atoms with Crippen molar-refractivity contribution in [3.05, 3.63) is 77.4 Å². The Morgan fingerprint density at radius 3 is 2.09 bits per heavy atom. The van der Waals surface area contributed by atoms with Crippen molar-refractivity contribution in [3.63, 3.8) is 0 Å². The van der Waals surface area contributed by atoms with Gasteiger partial charge in [0.1, 0.15) is 11.5 Å². The van der Waals surface area contributed by atoms with E-state index >= 15 is 0 Å². The molecule has 0 spiro atoms. The lowest BCUT2D eigenvalue weighted by Crippen LogP contribution is -2.51. The van der Waals surface area contributed by atoms with Crippen LogP contribution in [0, 0.1) is 5.82 Å². The Labute approximate surface area is 197 Å². The molecule has 0 radical (unpaired) electrons. The average Bonchev–Trinajstić information content (AvgIpc) is 3.27. The number of alkyl halides is 3. The number of amides is 2. The van der Waals surface area contributed by atoms with Crippen LogP contribution in [-0.2, 0) is 6.18 Å². The molecule has 0 N–H and O–H groups in total. The first-order valence-electron chi connectivity index (χ1n) is 10.3. The van der Waals surface area contributed by atoms with Crippen molar-refractivity contribution in [1.29, 1.82) is 0 Å². The zero-order chi connectivity index (χ0) is 24.5. The third kappa shape index (κ3) is 4.65. The highest BCUT2D eigenvalue weighted by Crippen LogP contribution is 2.32. The normalized spacial score (nSPS) is 14.4. The highest BCUT2D eigenvalue weighted by Gasteiger charge is 2.37.